The van der Waals surface area contributed by atoms with Crippen molar-refractivity contribution in [3.63, 3.8) is 0 Å². The molecule has 1 atom stereocenters. The summed E-state index contributed by atoms with van der Waals surface area (Å²) >= 11 is 13.6. The maximum atomic E-state index is 6.02. The summed E-state index contributed by atoms with van der Waals surface area (Å²) in [5, 5.41) is 15.1. The van der Waals surface area contributed by atoms with Crippen molar-refractivity contribution in [1.82, 2.24) is 15.5 Å². The molecule has 3 nitrogen and oxygen atoms in total. The average Bonchev–Trinajstić information content (AvgIpc) is 2.88. The van der Waals surface area contributed by atoms with Crippen LogP contribution in [0.25, 0.3) is 10.6 Å². The number of halogens is 2. The van der Waals surface area contributed by atoms with Gasteiger partial charge < -0.3 is 5.32 Å². The van der Waals surface area contributed by atoms with Crippen LogP contribution in [0.2, 0.25) is 10.0 Å². The van der Waals surface area contributed by atoms with Crippen molar-refractivity contribution in [2.75, 3.05) is 6.54 Å². The van der Waals surface area contributed by atoms with Crippen LogP contribution in [0, 0.1) is 0 Å². The summed E-state index contributed by atoms with van der Waals surface area (Å²) in [6.45, 7) is 5.28. The van der Waals surface area contributed by atoms with Gasteiger partial charge in [-0.05, 0) is 37.6 Å². The van der Waals surface area contributed by atoms with Crippen molar-refractivity contribution in [2.24, 2.45) is 0 Å². The van der Waals surface area contributed by atoms with Crippen LogP contribution >= 0.6 is 34.5 Å². The molecule has 0 spiro atoms. The van der Waals surface area contributed by atoms with Crippen LogP contribution < -0.4 is 5.32 Å². The first-order valence-electron chi connectivity index (χ1n) is 6.67. The predicted octanol–water partition coefficient (Wildman–Crippen LogP) is 4.96. The van der Waals surface area contributed by atoms with E-state index in [1.165, 1.54) is 0 Å². The molecule has 20 heavy (non-hydrogen) atoms. The van der Waals surface area contributed by atoms with Crippen LogP contribution in [0.15, 0.2) is 18.2 Å². The molecular formula is C14H17Cl2N3S. The van der Waals surface area contributed by atoms with E-state index in [0.29, 0.717) is 10.0 Å². The molecule has 1 aromatic carbocycles. The first-order chi connectivity index (χ1) is 9.63. The molecule has 2 rings (SSSR count). The number of aromatic nitrogens is 2. The van der Waals surface area contributed by atoms with Gasteiger partial charge in [-0.3, -0.25) is 0 Å². The average molecular weight is 330 g/mol. The number of nitrogens with zero attached hydrogens (tertiary/aromatic N) is 2. The molecule has 108 valence electrons. The minimum absolute atomic E-state index is 0.260. The summed E-state index contributed by atoms with van der Waals surface area (Å²) < 4.78 is 0. The second-order valence-electron chi connectivity index (χ2n) is 4.52. The Morgan fingerprint density at radius 1 is 1.15 bits per heavy atom. The van der Waals surface area contributed by atoms with Crippen molar-refractivity contribution >= 4 is 34.5 Å². The number of hydrogen-bond donors (Lipinski definition) is 1. The predicted molar refractivity (Wildman–Crippen MR) is 86.7 cm³/mol. The van der Waals surface area contributed by atoms with E-state index in [1.54, 1.807) is 17.4 Å². The molecule has 0 aliphatic carbocycles. The van der Waals surface area contributed by atoms with Crippen LogP contribution in [0.4, 0.5) is 0 Å². The second kappa shape index (κ2) is 7.36. The van der Waals surface area contributed by atoms with Crippen molar-refractivity contribution in [2.45, 2.75) is 32.7 Å². The van der Waals surface area contributed by atoms with Crippen LogP contribution in [0.5, 0.6) is 0 Å². The molecule has 1 N–H and O–H groups in total. The first-order valence-corrected chi connectivity index (χ1v) is 8.24. The van der Waals surface area contributed by atoms with Crippen molar-refractivity contribution in [1.29, 1.82) is 0 Å². The topological polar surface area (TPSA) is 37.8 Å². The summed E-state index contributed by atoms with van der Waals surface area (Å²) in [6, 6.07) is 5.69. The zero-order chi connectivity index (χ0) is 14.5. The molecule has 0 radical (unpaired) electrons. The van der Waals surface area contributed by atoms with Gasteiger partial charge in [-0.15, -0.1) is 10.2 Å². The Bertz CT molecular complexity index is 551. The third-order valence-electron chi connectivity index (χ3n) is 2.90. The first kappa shape index (κ1) is 15.7. The molecule has 1 unspecified atom stereocenters. The fourth-order valence-electron chi connectivity index (χ4n) is 1.89. The van der Waals surface area contributed by atoms with Crippen LogP contribution in [0.3, 0.4) is 0 Å². The Morgan fingerprint density at radius 3 is 2.45 bits per heavy atom. The molecule has 0 saturated heterocycles. The third-order valence-corrected chi connectivity index (χ3v) is 4.42. The Kier molecular flexibility index (Phi) is 5.78. The smallest absolute Gasteiger partial charge is 0.147 e. The highest BCUT2D eigenvalue weighted by atomic mass is 35.5. The number of hydrogen-bond acceptors (Lipinski definition) is 4. The molecule has 2 aromatic rings. The zero-order valence-electron chi connectivity index (χ0n) is 11.5. The lowest BCUT2D eigenvalue weighted by molar-refractivity contribution is 0.513. The van der Waals surface area contributed by atoms with Gasteiger partial charge in [0.05, 0.1) is 6.04 Å². The van der Waals surface area contributed by atoms with Gasteiger partial charge in [0.2, 0.25) is 0 Å². The summed E-state index contributed by atoms with van der Waals surface area (Å²) in [4.78, 5) is 0. The van der Waals surface area contributed by atoms with E-state index in [2.05, 4.69) is 29.4 Å². The van der Waals surface area contributed by atoms with E-state index in [4.69, 9.17) is 23.2 Å². The van der Waals surface area contributed by atoms with Gasteiger partial charge in [0, 0.05) is 15.6 Å². The quantitative estimate of drug-likeness (QED) is 0.813. The number of nitrogens with one attached hydrogen (secondary N) is 1. The van der Waals surface area contributed by atoms with Gasteiger partial charge >= 0.3 is 0 Å². The summed E-state index contributed by atoms with van der Waals surface area (Å²) in [6.07, 6.45) is 2.09. The maximum Gasteiger partial charge on any atom is 0.147 e. The summed E-state index contributed by atoms with van der Waals surface area (Å²) in [5.41, 5.74) is 0.914. The lowest BCUT2D eigenvalue weighted by atomic mass is 10.2. The maximum absolute atomic E-state index is 6.02. The Hall–Kier alpha value is -0.680. The monoisotopic (exact) mass is 329 g/mol. The van der Waals surface area contributed by atoms with Gasteiger partial charge in [-0.1, -0.05) is 48.4 Å². The molecule has 0 aliphatic rings. The van der Waals surface area contributed by atoms with Crippen molar-refractivity contribution in [3.05, 3.63) is 33.3 Å². The SMILES string of the molecule is CCCNC(CC)c1nnc(-c2cc(Cl)cc(Cl)c2)s1. The van der Waals surface area contributed by atoms with Gasteiger partial charge in [0.25, 0.3) is 0 Å². The molecular weight excluding hydrogens is 313 g/mol. The lowest BCUT2D eigenvalue weighted by Crippen LogP contribution is -2.21. The molecule has 0 fully saturated rings. The highest BCUT2D eigenvalue weighted by molar-refractivity contribution is 7.14. The summed E-state index contributed by atoms with van der Waals surface area (Å²) in [7, 11) is 0. The fraction of sp³-hybridized carbons (Fsp3) is 0.429. The molecule has 1 heterocycles. The minimum atomic E-state index is 0.260. The van der Waals surface area contributed by atoms with Gasteiger partial charge in [0.15, 0.2) is 0 Å². The normalized spacial score (nSPS) is 12.6. The van der Waals surface area contributed by atoms with Crippen molar-refractivity contribution in [3.8, 4) is 10.6 Å². The van der Waals surface area contributed by atoms with E-state index in [1.807, 2.05) is 12.1 Å². The van der Waals surface area contributed by atoms with Crippen LogP contribution in [0.1, 0.15) is 37.7 Å². The molecule has 0 bridgehead atoms. The lowest BCUT2D eigenvalue weighted by Gasteiger charge is -2.12. The standard InChI is InChI=1S/C14H17Cl2N3S/c1-3-5-17-12(4-2)14-19-18-13(20-14)9-6-10(15)8-11(16)7-9/h6-8,12,17H,3-5H2,1-2H3. The van der Waals surface area contributed by atoms with E-state index in [-0.39, 0.29) is 6.04 Å². The van der Waals surface area contributed by atoms with E-state index in [0.717, 1.165) is 35.0 Å². The number of rotatable bonds is 6. The molecule has 1 aromatic heterocycles. The van der Waals surface area contributed by atoms with Crippen LogP contribution in [-0.4, -0.2) is 16.7 Å². The Balaban J connectivity index is 2.23. The number of benzene rings is 1. The van der Waals surface area contributed by atoms with E-state index in [9.17, 15) is 0 Å². The second-order valence-corrected chi connectivity index (χ2v) is 6.40. The fourth-order valence-corrected chi connectivity index (χ4v) is 3.41. The molecule has 0 amide bonds. The van der Waals surface area contributed by atoms with E-state index >= 15 is 0 Å². The summed E-state index contributed by atoms with van der Waals surface area (Å²) in [5.74, 6) is 0. The molecule has 6 heteroatoms. The zero-order valence-corrected chi connectivity index (χ0v) is 13.8. The van der Waals surface area contributed by atoms with E-state index < -0.39 is 0 Å². The van der Waals surface area contributed by atoms with Gasteiger partial charge in [-0.25, -0.2) is 0 Å². The minimum Gasteiger partial charge on any atom is -0.308 e. The molecule has 0 aliphatic heterocycles. The van der Waals surface area contributed by atoms with Crippen LogP contribution in [-0.2, 0) is 0 Å². The Labute approximate surface area is 133 Å². The van der Waals surface area contributed by atoms with Crippen molar-refractivity contribution < 1.29 is 0 Å². The van der Waals surface area contributed by atoms with Gasteiger partial charge in [0.1, 0.15) is 10.0 Å². The highest BCUT2D eigenvalue weighted by Crippen LogP contribution is 2.31. The third kappa shape index (κ3) is 3.92. The largest absolute Gasteiger partial charge is 0.308 e. The Morgan fingerprint density at radius 2 is 1.85 bits per heavy atom. The van der Waals surface area contributed by atoms with Gasteiger partial charge in [-0.2, -0.15) is 0 Å². The molecule has 0 saturated carbocycles. The highest BCUT2D eigenvalue weighted by Gasteiger charge is 2.15.